The number of carboxylic acid groups (broad SMARTS) is 1. The summed E-state index contributed by atoms with van der Waals surface area (Å²) in [6, 6.07) is 17.3. The van der Waals surface area contributed by atoms with Crippen LogP contribution in [0.5, 0.6) is 0 Å². The van der Waals surface area contributed by atoms with Gasteiger partial charge in [0.2, 0.25) is 5.91 Å². The molecule has 164 valence electrons. The third-order valence-corrected chi connectivity index (χ3v) is 5.77. The van der Waals surface area contributed by atoms with Crippen molar-refractivity contribution in [1.29, 1.82) is 0 Å². The van der Waals surface area contributed by atoms with Crippen molar-refractivity contribution < 1.29 is 24.2 Å². The topological polar surface area (TPSA) is 83.9 Å². The molecule has 0 fully saturated rings. The second-order valence-electron chi connectivity index (χ2n) is 7.89. The summed E-state index contributed by atoms with van der Waals surface area (Å²) < 4.78 is 5.30. The van der Waals surface area contributed by atoms with Crippen molar-refractivity contribution in [3.8, 4) is 0 Å². The summed E-state index contributed by atoms with van der Waals surface area (Å²) in [4.78, 5) is 38.8. The molecular formula is C25H29NO5. The molecule has 0 aliphatic carbocycles. The van der Waals surface area contributed by atoms with Gasteiger partial charge in [-0.3, -0.25) is 14.4 Å². The van der Waals surface area contributed by atoms with Crippen molar-refractivity contribution in [3.63, 3.8) is 0 Å². The van der Waals surface area contributed by atoms with Gasteiger partial charge in [-0.05, 0) is 56.2 Å². The first kappa shape index (κ1) is 22.5. The van der Waals surface area contributed by atoms with Gasteiger partial charge in [0.05, 0.1) is 12.5 Å². The van der Waals surface area contributed by atoms with Crippen LogP contribution >= 0.6 is 0 Å². The lowest BCUT2D eigenvalue weighted by molar-refractivity contribution is -0.149. The van der Waals surface area contributed by atoms with Gasteiger partial charge in [0.15, 0.2) is 0 Å². The van der Waals surface area contributed by atoms with Gasteiger partial charge in [0, 0.05) is 11.6 Å². The molecule has 0 unspecified atom stereocenters. The average molecular weight is 424 g/mol. The second-order valence-corrected chi connectivity index (χ2v) is 7.89. The predicted molar refractivity (Wildman–Crippen MR) is 118 cm³/mol. The van der Waals surface area contributed by atoms with Crippen LogP contribution in [0.25, 0.3) is 0 Å². The molecule has 0 aromatic heterocycles. The van der Waals surface area contributed by atoms with E-state index < -0.39 is 17.8 Å². The third kappa shape index (κ3) is 5.94. The minimum atomic E-state index is -1.06. The van der Waals surface area contributed by atoms with Crippen LogP contribution < -0.4 is 4.90 Å². The fourth-order valence-electron chi connectivity index (χ4n) is 4.22. The number of anilines is 1. The van der Waals surface area contributed by atoms with E-state index in [1.54, 1.807) is 13.0 Å². The number of esters is 1. The number of rotatable bonds is 9. The van der Waals surface area contributed by atoms with E-state index in [1.165, 1.54) is 4.90 Å². The highest BCUT2D eigenvalue weighted by atomic mass is 16.5. The van der Waals surface area contributed by atoms with Crippen LogP contribution in [0.1, 0.15) is 37.3 Å². The van der Waals surface area contributed by atoms with E-state index in [2.05, 4.69) is 0 Å². The van der Waals surface area contributed by atoms with Gasteiger partial charge in [-0.25, -0.2) is 0 Å². The molecule has 1 heterocycles. The lowest BCUT2D eigenvalue weighted by Crippen LogP contribution is -2.40. The lowest BCUT2D eigenvalue weighted by atomic mass is 9.86. The number of aliphatic carboxylic acids is 1. The van der Waals surface area contributed by atoms with Crippen molar-refractivity contribution in [1.82, 2.24) is 0 Å². The minimum absolute atomic E-state index is 0.235. The number of fused-ring (bicyclic) bond motifs is 1. The van der Waals surface area contributed by atoms with E-state index in [1.807, 2.05) is 48.5 Å². The molecule has 6 heteroatoms. The Labute approximate surface area is 182 Å². The number of carbonyl (C=O) groups is 3. The molecule has 6 nitrogen and oxygen atoms in total. The van der Waals surface area contributed by atoms with Crippen molar-refractivity contribution in [3.05, 3.63) is 65.7 Å². The zero-order valence-corrected chi connectivity index (χ0v) is 17.8. The first-order valence-corrected chi connectivity index (χ1v) is 10.8. The normalized spacial score (nSPS) is 16.9. The minimum Gasteiger partial charge on any atom is -0.480 e. The maximum absolute atomic E-state index is 13.3. The van der Waals surface area contributed by atoms with E-state index >= 15 is 0 Å². The standard InChI is InChI=1S/C25H29NO5/c1-2-31-25(30)21(13-12-18-8-4-3-5-9-18)16-20-15-14-19-10-6-7-11-22(19)26(24(20)29)17-23(27)28/h3-11,20-21H,2,12-17H2,1H3,(H,27,28)/t20-,21-/m1/s1. The van der Waals surface area contributed by atoms with Crippen molar-refractivity contribution >= 4 is 23.5 Å². The second kappa shape index (κ2) is 10.8. The molecule has 0 saturated carbocycles. The Morgan fingerprint density at radius 2 is 1.84 bits per heavy atom. The van der Waals surface area contributed by atoms with Gasteiger partial charge in [-0.2, -0.15) is 0 Å². The Kier molecular flexibility index (Phi) is 7.82. The number of amides is 1. The van der Waals surface area contributed by atoms with E-state index in [9.17, 15) is 19.5 Å². The van der Waals surface area contributed by atoms with E-state index in [0.717, 1.165) is 11.1 Å². The molecule has 0 spiro atoms. The number of carbonyl (C=O) groups excluding carboxylic acids is 2. The number of benzene rings is 2. The van der Waals surface area contributed by atoms with Gasteiger partial charge in [-0.15, -0.1) is 0 Å². The summed E-state index contributed by atoms with van der Waals surface area (Å²) >= 11 is 0. The molecule has 2 atom stereocenters. The van der Waals surface area contributed by atoms with Crippen LogP contribution in [0, 0.1) is 11.8 Å². The summed E-state index contributed by atoms with van der Waals surface area (Å²) in [5, 5.41) is 9.37. The lowest BCUT2D eigenvalue weighted by Gasteiger charge is -2.26. The number of nitrogens with zero attached hydrogens (tertiary/aromatic N) is 1. The first-order chi connectivity index (χ1) is 15.0. The quantitative estimate of drug-likeness (QED) is 0.619. The van der Waals surface area contributed by atoms with Crippen molar-refractivity contribution in [2.45, 2.75) is 39.0 Å². The summed E-state index contributed by atoms with van der Waals surface area (Å²) in [5.41, 5.74) is 2.73. The molecule has 1 N–H and O–H groups in total. The number of aryl methyl sites for hydroxylation is 2. The maximum atomic E-state index is 13.3. The van der Waals surface area contributed by atoms with Crippen LogP contribution in [0.2, 0.25) is 0 Å². The molecule has 3 rings (SSSR count). The summed E-state index contributed by atoms with van der Waals surface area (Å²) in [6.07, 6.45) is 2.89. The Bertz CT molecular complexity index is 911. The van der Waals surface area contributed by atoms with E-state index in [-0.39, 0.29) is 25.0 Å². The monoisotopic (exact) mass is 423 g/mol. The van der Waals surface area contributed by atoms with Crippen molar-refractivity contribution in [2.24, 2.45) is 11.8 Å². The molecule has 1 aliphatic rings. The van der Waals surface area contributed by atoms with Gasteiger partial charge in [-0.1, -0.05) is 48.5 Å². The molecule has 31 heavy (non-hydrogen) atoms. The third-order valence-electron chi connectivity index (χ3n) is 5.77. The SMILES string of the molecule is CCOC(=O)[C@H](CCc1ccccc1)C[C@H]1CCc2ccccc2N(CC(=O)O)C1=O. The largest absolute Gasteiger partial charge is 0.480 e. The molecule has 2 aromatic rings. The fourth-order valence-corrected chi connectivity index (χ4v) is 4.22. The molecule has 0 bridgehead atoms. The number of ether oxygens (including phenoxy) is 1. The van der Waals surface area contributed by atoms with E-state index in [0.29, 0.717) is 37.8 Å². The van der Waals surface area contributed by atoms with Crippen LogP contribution in [0.15, 0.2) is 54.6 Å². The zero-order chi connectivity index (χ0) is 22.2. The number of carboxylic acids is 1. The Hall–Kier alpha value is -3.15. The Balaban J connectivity index is 1.79. The zero-order valence-electron chi connectivity index (χ0n) is 17.8. The molecular weight excluding hydrogens is 394 g/mol. The number of hydrogen-bond acceptors (Lipinski definition) is 4. The molecule has 2 aromatic carbocycles. The number of hydrogen-bond donors (Lipinski definition) is 1. The van der Waals surface area contributed by atoms with Crippen LogP contribution in [-0.2, 0) is 32.0 Å². The highest BCUT2D eigenvalue weighted by Crippen LogP contribution is 2.33. The van der Waals surface area contributed by atoms with E-state index in [4.69, 9.17) is 4.74 Å². The van der Waals surface area contributed by atoms with Crippen LogP contribution in [0.4, 0.5) is 5.69 Å². The maximum Gasteiger partial charge on any atom is 0.323 e. The average Bonchev–Trinajstić information content (AvgIpc) is 2.89. The molecule has 1 amide bonds. The predicted octanol–water partition coefficient (Wildman–Crippen LogP) is 3.87. The summed E-state index contributed by atoms with van der Waals surface area (Å²) in [5.74, 6) is -2.44. The Morgan fingerprint density at radius 1 is 1.13 bits per heavy atom. The van der Waals surface area contributed by atoms with Crippen LogP contribution in [0.3, 0.4) is 0 Å². The van der Waals surface area contributed by atoms with Crippen LogP contribution in [-0.4, -0.2) is 36.1 Å². The fraction of sp³-hybridized carbons (Fsp3) is 0.400. The highest BCUT2D eigenvalue weighted by Gasteiger charge is 2.34. The van der Waals surface area contributed by atoms with Gasteiger partial charge in [0.25, 0.3) is 0 Å². The number of para-hydroxylation sites is 1. The first-order valence-electron chi connectivity index (χ1n) is 10.8. The Morgan fingerprint density at radius 3 is 2.55 bits per heavy atom. The van der Waals surface area contributed by atoms with Gasteiger partial charge < -0.3 is 14.7 Å². The summed E-state index contributed by atoms with van der Waals surface area (Å²) in [6.45, 7) is 1.67. The molecule has 0 radical (unpaired) electrons. The highest BCUT2D eigenvalue weighted by molar-refractivity contribution is 6.00. The molecule has 0 saturated heterocycles. The summed E-state index contributed by atoms with van der Waals surface area (Å²) in [7, 11) is 0. The smallest absolute Gasteiger partial charge is 0.323 e. The van der Waals surface area contributed by atoms with Crippen molar-refractivity contribution in [2.75, 3.05) is 18.1 Å². The van der Waals surface area contributed by atoms with Gasteiger partial charge >= 0.3 is 11.9 Å². The molecule has 1 aliphatic heterocycles. The van der Waals surface area contributed by atoms with Gasteiger partial charge in [0.1, 0.15) is 6.54 Å².